The predicted octanol–water partition coefficient (Wildman–Crippen LogP) is 3.01. The molecule has 136 valence electrons. The smallest absolute Gasteiger partial charge is 0.429 e. The molecule has 0 aromatic heterocycles. The lowest BCUT2D eigenvalue weighted by atomic mass is 9.63. The normalized spacial score (nSPS) is 28.1. The van der Waals surface area contributed by atoms with Gasteiger partial charge in [-0.3, -0.25) is 9.69 Å². The van der Waals surface area contributed by atoms with Gasteiger partial charge >= 0.3 is 12.1 Å². The number of rotatable bonds is 3. The van der Waals surface area contributed by atoms with Crippen molar-refractivity contribution in [1.82, 2.24) is 4.90 Å². The Morgan fingerprint density at radius 3 is 2.56 bits per heavy atom. The number of hydrogen-bond donors (Lipinski definition) is 1. The van der Waals surface area contributed by atoms with E-state index in [-0.39, 0.29) is 30.0 Å². The van der Waals surface area contributed by atoms with Gasteiger partial charge in [0, 0.05) is 6.04 Å². The zero-order valence-corrected chi connectivity index (χ0v) is 15.0. The fourth-order valence-corrected chi connectivity index (χ4v) is 4.74. The molecule has 1 amide bonds. The number of carbonyl (C=O) groups is 2. The second-order valence-corrected chi connectivity index (χ2v) is 8.00. The highest BCUT2D eigenvalue weighted by Gasteiger charge is 2.67. The van der Waals surface area contributed by atoms with Gasteiger partial charge in [-0.25, -0.2) is 4.79 Å². The zero-order valence-electron chi connectivity index (χ0n) is 15.0. The molecular formula is C19H26N2O4. The van der Waals surface area contributed by atoms with Crippen molar-refractivity contribution in [3.63, 3.8) is 0 Å². The van der Waals surface area contributed by atoms with Crippen LogP contribution in [-0.4, -0.2) is 28.5 Å². The van der Waals surface area contributed by atoms with Crippen LogP contribution in [0.4, 0.5) is 4.79 Å². The molecule has 1 aromatic rings. The van der Waals surface area contributed by atoms with E-state index in [1.165, 1.54) is 0 Å². The minimum Gasteiger partial charge on any atom is -0.461 e. The fraction of sp³-hybridized carbons (Fsp3) is 0.579. The van der Waals surface area contributed by atoms with Crippen LogP contribution in [0.25, 0.3) is 0 Å². The molecule has 3 atom stereocenters. The van der Waals surface area contributed by atoms with Crippen LogP contribution in [0.3, 0.4) is 0 Å². The summed E-state index contributed by atoms with van der Waals surface area (Å²) < 4.78 is 5.60. The molecule has 6 heteroatoms. The number of fused-ring (bicyclic) bond motifs is 2. The van der Waals surface area contributed by atoms with E-state index in [9.17, 15) is 9.59 Å². The minimum absolute atomic E-state index is 0.0236. The standard InChI is InChI=1S/C19H26N2O4/c1-18(2,3)19-10-9-14(21(19)17(23)25-20)11-15(19)16(22)24-12-13-7-5-4-6-8-13/h4-8,14-15H,9-12,20H2,1-3H3. The highest BCUT2D eigenvalue weighted by atomic mass is 16.7. The van der Waals surface area contributed by atoms with E-state index in [0.29, 0.717) is 6.42 Å². The van der Waals surface area contributed by atoms with Gasteiger partial charge in [-0.2, -0.15) is 5.90 Å². The second kappa shape index (κ2) is 6.33. The third-order valence-corrected chi connectivity index (χ3v) is 5.84. The summed E-state index contributed by atoms with van der Waals surface area (Å²) in [5, 5.41) is 0. The number of esters is 1. The van der Waals surface area contributed by atoms with Crippen LogP contribution in [0.5, 0.6) is 0 Å². The van der Waals surface area contributed by atoms with Gasteiger partial charge in [0.1, 0.15) is 6.61 Å². The number of amides is 1. The maximum absolute atomic E-state index is 12.9. The third kappa shape index (κ3) is 2.78. The summed E-state index contributed by atoms with van der Waals surface area (Å²) >= 11 is 0. The number of benzene rings is 1. The average molecular weight is 346 g/mol. The van der Waals surface area contributed by atoms with E-state index in [4.69, 9.17) is 10.6 Å². The van der Waals surface area contributed by atoms with Crippen LogP contribution in [0.15, 0.2) is 30.3 Å². The minimum atomic E-state index is -0.623. The molecule has 2 N–H and O–H groups in total. The molecule has 0 radical (unpaired) electrons. The van der Waals surface area contributed by atoms with Gasteiger partial charge in [0.2, 0.25) is 0 Å². The van der Waals surface area contributed by atoms with Crippen molar-refractivity contribution in [2.45, 2.75) is 58.2 Å². The van der Waals surface area contributed by atoms with E-state index in [1.54, 1.807) is 4.90 Å². The number of nitrogens with zero attached hydrogens (tertiary/aromatic N) is 1. The summed E-state index contributed by atoms with van der Waals surface area (Å²) in [7, 11) is 0. The van der Waals surface area contributed by atoms with Gasteiger partial charge in [-0.05, 0) is 30.2 Å². The van der Waals surface area contributed by atoms with Gasteiger partial charge in [0.15, 0.2) is 0 Å². The highest BCUT2D eigenvalue weighted by Crippen LogP contribution is 2.58. The predicted molar refractivity (Wildman–Crippen MR) is 92.1 cm³/mol. The van der Waals surface area contributed by atoms with Gasteiger partial charge in [0.25, 0.3) is 0 Å². The molecule has 6 nitrogen and oxygen atoms in total. The van der Waals surface area contributed by atoms with Crippen molar-refractivity contribution in [1.29, 1.82) is 0 Å². The molecule has 3 rings (SSSR count). The summed E-state index contributed by atoms with van der Waals surface area (Å²) in [5.74, 6) is 4.53. The SMILES string of the molecule is CC(C)(C)C12CCC(CC1C(=O)OCc1ccccc1)N2C(=O)ON. The number of carbonyl (C=O) groups excluding carboxylic acids is 2. The Hall–Kier alpha value is -2.08. The van der Waals surface area contributed by atoms with Crippen molar-refractivity contribution >= 4 is 12.1 Å². The van der Waals surface area contributed by atoms with Crippen LogP contribution in [-0.2, 0) is 21.0 Å². The van der Waals surface area contributed by atoms with Gasteiger partial charge in [0.05, 0.1) is 11.5 Å². The Labute approximate surface area is 148 Å². The lowest BCUT2D eigenvalue weighted by Gasteiger charge is -2.47. The fourth-order valence-electron chi connectivity index (χ4n) is 4.74. The molecule has 25 heavy (non-hydrogen) atoms. The van der Waals surface area contributed by atoms with E-state index in [1.807, 2.05) is 30.3 Å². The lowest BCUT2D eigenvalue weighted by Crippen LogP contribution is -2.59. The van der Waals surface area contributed by atoms with Crippen LogP contribution in [0, 0.1) is 11.3 Å². The summed E-state index contributed by atoms with van der Waals surface area (Å²) in [6.45, 7) is 6.39. The van der Waals surface area contributed by atoms with Gasteiger partial charge in [-0.1, -0.05) is 51.1 Å². The van der Waals surface area contributed by atoms with E-state index in [0.717, 1.165) is 18.4 Å². The van der Waals surface area contributed by atoms with E-state index in [2.05, 4.69) is 25.6 Å². The Kier molecular flexibility index (Phi) is 4.49. The molecule has 0 spiro atoms. The van der Waals surface area contributed by atoms with Crippen molar-refractivity contribution in [2.24, 2.45) is 17.2 Å². The lowest BCUT2D eigenvalue weighted by molar-refractivity contribution is -0.156. The average Bonchev–Trinajstić information content (AvgIpc) is 3.14. The quantitative estimate of drug-likeness (QED) is 0.672. The molecular weight excluding hydrogens is 320 g/mol. The first-order chi connectivity index (χ1) is 11.8. The number of ether oxygens (including phenoxy) is 1. The molecule has 2 heterocycles. The Balaban J connectivity index is 1.83. The van der Waals surface area contributed by atoms with Crippen LogP contribution in [0.2, 0.25) is 0 Å². The highest BCUT2D eigenvalue weighted by molar-refractivity contribution is 5.79. The second-order valence-electron chi connectivity index (χ2n) is 8.00. The van der Waals surface area contributed by atoms with E-state index < -0.39 is 11.6 Å². The summed E-state index contributed by atoms with van der Waals surface area (Å²) in [6, 6.07) is 9.57. The molecule has 3 unspecified atom stereocenters. The molecule has 2 aliphatic heterocycles. The molecule has 2 saturated heterocycles. The topological polar surface area (TPSA) is 81.9 Å². The molecule has 2 aliphatic rings. The van der Waals surface area contributed by atoms with Crippen LogP contribution < -0.4 is 5.90 Å². The number of nitrogens with two attached hydrogens (primary N) is 1. The van der Waals surface area contributed by atoms with Crippen molar-refractivity contribution in [3.8, 4) is 0 Å². The van der Waals surface area contributed by atoms with Crippen molar-refractivity contribution in [3.05, 3.63) is 35.9 Å². The molecule has 1 aromatic carbocycles. The zero-order chi connectivity index (χ0) is 18.2. The maximum Gasteiger partial charge on any atom is 0.429 e. The molecule has 2 fully saturated rings. The van der Waals surface area contributed by atoms with Crippen molar-refractivity contribution in [2.75, 3.05) is 0 Å². The first-order valence-electron chi connectivity index (χ1n) is 8.72. The molecule has 2 bridgehead atoms. The third-order valence-electron chi connectivity index (χ3n) is 5.84. The van der Waals surface area contributed by atoms with Crippen LogP contribution in [0.1, 0.15) is 45.6 Å². The van der Waals surface area contributed by atoms with Gasteiger partial charge < -0.3 is 9.57 Å². The Morgan fingerprint density at radius 2 is 1.96 bits per heavy atom. The van der Waals surface area contributed by atoms with Crippen molar-refractivity contribution < 1.29 is 19.2 Å². The number of hydrogen-bond acceptors (Lipinski definition) is 5. The Bertz CT molecular complexity index is 655. The maximum atomic E-state index is 12.9. The van der Waals surface area contributed by atoms with E-state index >= 15 is 0 Å². The largest absolute Gasteiger partial charge is 0.461 e. The summed E-state index contributed by atoms with van der Waals surface area (Å²) in [6.07, 6.45) is 1.65. The molecule has 0 saturated carbocycles. The summed E-state index contributed by atoms with van der Waals surface area (Å²) in [4.78, 5) is 31.4. The monoisotopic (exact) mass is 346 g/mol. The summed E-state index contributed by atoms with van der Waals surface area (Å²) in [5.41, 5.74) is 0.0205. The van der Waals surface area contributed by atoms with Gasteiger partial charge in [-0.15, -0.1) is 0 Å². The van der Waals surface area contributed by atoms with Crippen LogP contribution >= 0.6 is 0 Å². The first-order valence-corrected chi connectivity index (χ1v) is 8.72. The first kappa shape index (κ1) is 17.7. The Morgan fingerprint density at radius 1 is 1.28 bits per heavy atom. The molecule has 0 aliphatic carbocycles.